The molecule has 0 radical (unpaired) electrons. The van der Waals surface area contributed by atoms with E-state index in [4.69, 9.17) is 0 Å². The molecule has 1 N–H and O–H groups in total. The van der Waals surface area contributed by atoms with Crippen LogP contribution in [0.1, 0.15) is 37.3 Å². The van der Waals surface area contributed by atoms with Gasteiger partial charge in [-0.15, -0.1) is 0 Å². The van der Waals surface area contributed by atoms with Gasteiger partial charge in [0.25, 0.3) is 0 Å². The molecule has 2 heterocycles. The first kappa shape index (κ1) is 9.24. The third-order valence-electron chi connectivity index (χ3n) is 2.70. The van der Waals surface area contributed by atoms with E-state index < -0.39 is 0 Å². The van der Waals surface area contributed by atoms with E-state index in [1.165, 1.54) is 0 Å². The van der Waals surface area contributed by atoms with Crippen LogP contribution in [0.5, 0.6) is 0 Å². The van der Waals surface area contributed by atoms with Crippen molar-refractivity contribution in [3.63, 3.8) is 0 Å². The van der Waals surface area contributed by atoms with Crippen LogP contribution in [0.2, 0.25) is 0 Å². The Hall–Kier alpha value is -1.32. The Morgan fingerprint density at radius 2 is 2.50 bits per heavy atom. The SMILES string of the molecule is CC(=O)N1CCCC1c1ncc(C)[nH]1. The van der Waals surface area contributed by atoms with Crippen molar-refractivity contribution in [3.05, 3.63) is 17.7 Å². The van der Waals surface area contributed by atoms with E-state index in [0.717, 1.165) is 30.9 Å². The van der Waals surface area contributed by atoms with Crippen LogP contribution in [-0.2, 0) is 4.79 Å². The van der Waals surface area contributed by atoms with E-state index in [-0.39, 0.29) is 11.9 Å². The molecule has 4 nitrogen and oxygen atoms in total. The average molecular weight is 193 g/mol. The van der Waals surface area contributed by atoms with Crippen molar-refractivity contribution in [2.45, 2.75) is 32.7 Å². The van der Waals surface area contributed by atoms with Gasteiger partial charge in [-0.1, -0.05) is 0 Å². The van der Waals surface area contributed by atoms with E-state index >= 15 is 0 Å². The van der Waals surface area contributed by atoms with Crippen LogP contribution in [0.3, 0.4) is 0 Å². The largest absolute Gasteiger partial charge is 0.344 e. The zero-order valence-corrected chi connectivity index (χ0v) is 8.58. The molecule has 0 aromatic carbocycles. The van der Waals surface area contributed by atoms with Crippen LogP contribution in [0, 0.1) is 6.92 Å². The predicted octanol–water partition coefficient (Wildman–Crippen LogP) is 1.40. The van der Waals surface area contributed by atoms with Gasteiger partial charge in [-0.25, -0.2) is 4.98 Å². The molecule has 1 fully saturated rings. The summed E-state index contributed by atoms with van der Waals surface area (Å²) in [6.07, 6.45) is 3.91. The molecule has 0 saturated carbocycles. The topological polar surface area (TPSA) is 49.0 Å². The number of aryl methyl sites for hydroxylation is 1. The third kappa shape index (κ3) is 1.52. The van der Waals surface area contributed by atoms with Gasteiger partial charge in [0.1, 0.15) is 5.82 Å². The first-order chi connectivity index (χ1) is 6.68. The minimum atomic E-state index is 0.140. The summed E-state index contributed by atoms with van der Waals surface area (Å²) in [6.45, 7) is 4.46. The fourth-order valence-electron chi connectivity index (χ4n) is 2.03. The van der Waals surface area contributed by atoms with Crippen LogP contribution in [0.25, 0.3) is 0 Å². The fourth-order valence-corrected chi connectivity index (χ4v) is 2.03. The van der Waals surface area contributed by atoms with Crippen molar-refractivity contribution in [2.75, 3.05) is 6.54 Å². The Morgan fingerprint density at radius 1 is 1.71 bits per heavy atom. The molecule has 14 heavy (non-hydrogen) atoms. The van der Waals surface area contributed by atoms with E-state index in [2.05, 4.69) is 9.97 Å². The second-order valence-corrected chi connectivity index (χ2v) is 3.82. The molecule has 1 amide bonds. The highest BCUT2D eigenvalue weighted by Gasteiger charge is 2.29. The van der Waals surface area contributed by atoms with Crippen LogP contribution < -0.4 is 0 Å². The standard InChI is InChI=1S/C10H15N3O/c1-7-6-11-10(12-7)9-4-3-5-13(9)8(2)14/h6,9H,3-5H2,1-2H3,(H,11,12). The van der Waals surface area contributed by atoms with E-state index in [9.17, 15) is 4.79 Å². The Balaban J connectivity index is 2.21. The van der Waals surface area contributed by atoms with Gasteiger partial charge in [0.2, 0.25) is 5.91 Å². The van der Waals surface area contributed by atoms with E-state index in [0.29, 0.717) is 0 Å². The summed E-state index contributed by atoms with van der Waals surface area (Å²) in [5.74, 6) is 1.07. The number of hydrogen-bond acceptors (Lipinski definition) is 2. The van der Waals surface area contributed by atoms with Gasteiger partial charge < -0.3 is 9.88 Å². The molecule has 0 spiro atoms. The Labute approximate surface area is 83.3 Å². The van der Waals surface area contributed by atoms with Gasteiger partial charge >= 0.3 is 0 Å². The maximum atomic E-state index is 11.3. The van der Waals surface area contributed by atoms with Gasteiger partial charge in [-0.3, -0.25) is 4.79 Å². The molecule has 1 aliphatic heterocycles. The number of aromatic nitrogens is 2. The molecule has 4 heteroatoms. The monoisotopic (exact) mass is 193 g/mol. The van der Waals surface area contributed by atoms with Gasteiger partial charge in [0.15, 0.2) is 0 Å². The fraction of sp³-hybridized carbons (Fsp3) is 0.600. The number of rotatable bonds is 1. The summed E-state index contributed by atoms with van der Waals surface area (Å²) >= 11 is 0. The lowest BCUT2D eigenvalue weighted by Crippen LogP contribution is -2.28. The summed E-state index contributed by atoms with van der Waals surface area (Å²) < 4.78 is 0. The molecule has 1 saturated heterocycles. The Kier molecular flexibility index (Phi) is 2.27. The second-order valence-electron chi connectivity index (χ2n) is 3.82. The zero-order valence-electron chi connectivity index (χ0n) is 8.58. The molecule has 0 bridgehead atoms. The third-order valence-corrected chi connectivity index (χ3v) is 2.70. The van der Waals surface area contributed by atoms with Crippen molar-refractivity contribution in [1.29, 1.82) is 0 Å². The van der Waals surface area contributed by atoms with E-state index in [1.54, 1.807) is 6.92 Å². The van der Waals surface area contributed by atoms with Crippen molar-refractivity contribution in [1.82, 2.24) is 14.9 Å². The number of imidazole rings is 1. The van der Waals surface area contributed by atoms with Crippen molar-refractivity contribution in [2.24, 2.45) is 0 Å². The number of aromatic amines is 1. The molecular formula is C10H15N3O. The van der Waals surface area contributed by atoms with Gasteiger partial charge in [-0.2, -0.15) is 0 Å². The molecule has 1 unspecified atom stereocenters. The molecule has 1 aromatic heterocycles. The highest BCUT2D eigenvalue weighted by Crippen LogP contribution is 2.29. The summed E-state index contributed by atoms with van der Waals surface area (Å²) in [5.41, 5.74) is 1.05. The van der Waals surface area contributed by atoms with Crippen molar-refractivity contribution < 1.29 is 4.79 Å². The smallest absolute Gasteiger partial charge is 0.220 e. The van der Waals surface area contributed by atoms with Crippen LogP contribution in [0.15, 0.2) is 6.20 Å². The summed E-state index contributed by atoms with van der Waals surface area (Å²) in [6, 6.07) is 0.168. The number of nitrogens with one attached hydrogen (secondary N) is 1. The summed E-state index contributed by atoms with van der Waals surface area (Å²) in [4.78, 5) is 20.7. The number of carbonyl (C=O) groups is 1. The minimum absolute atomic E-state index is 0.140. The first-order valence-corrected chi connectivity index (χ1v) is 4.97. The maximum absolute atomic E-state index is 11.3. The summed E-state index contributed by atoms with van der Waals surface area (Å²) in [7, 11) is 0. The number of likely N-dealkylation sites (tertiary alicyclic amines) is 1. The Morgan fingerprint density at radius 3 is 3.07 bits per heavy atom. The molecule has 1 aromatic rings. The highest BCUT2D eigenvalue weighted by atomic mass is 16.2. The van der Waals surface area contributed by atoms with Crippen molar-refractivity contribution >= 4 is 5.91 Å². The van der Waals surface area contributed by atoms with Crippen molar-refractivity contribution in [3.8, 4) is 0 Å². The Bertz CT molecular complexity index is 345. The molecule has 2 rings (SSSR count). The molecule has 76 valence electrons. The number of carbonyl (C=O) groups excluding carboxylic acids is 1. The van der Waals surface area contributed by atoms with Gasteiger partial charge in [0.05, 0.1) is 6.04 Å². The number of H-pyrrole nitrogens is 1. The average Bonchev–Trinajstić information content (AvgIpc) is 2.70. The summed E-state index contributed by atoms with van der Waals surface area (Å²) in [5, 5.41) is 0. The zero-order chi connectivity index (χ0) is 10.1. The molecular weight excluding hydrogens is 178 g/mol. The maximum Gasteiger partial charge on any atom is 0.220 e. The van der Waals surface area contributed by atoms with Gasteiger partial charge in [-0.05, 0) is 19.8 Å². The quantitative estimate of drug-likeness (QED) is 0.733. The predicted molar refractivity (Wildman–Crippen MR) is 52.7 cm³/mol. The lowest BCUT2D eigenvalue weighted by molar-refractivity contribution is -0.129. The molecule has 0 aliphatic carbocycles. The number of nitrogens with zero attached hydrogens (tertiary/aromatic N) is 2. The number of hydrogen-bond donors (Lipinski definition) is 1. The normalized spacial score (nSPS) is 21.6. The molecule has 1 aliphatic rings. The van der Waals surface area contributed by atoms with E-state index in [1.807, 2.05) is 18.0 Å². The van der Waals surface area contributed by atoms with Crippen LogP contribution in [-0.4, -0.2) is 27.3 Å². The number of amides is 1. The van der Waals surface area contributed by atoms with Gasteiger partial charge in [0, 0.05) is 25.4 Å². The highest BCUT2D eigenvalue weighted by molar-refractivity contribution is 5.74. The second kappa shape index (κ2) is 3.44. The lowest BCUT2D eigenvalue weighted by atomic mass is 10.2. The van der Waals surface area contributed by atoms with Crippen LogP contribution in [0.4, 0.5) is 0 Å². The molecule has 1 atom stereocenters. The van der Waals surface area contributed by atoms with Crippen LogP contribution >= 0.6 is 0 Å². The minimum Gasteiger partial charge on any atom is -0.344 e. The first-order valence-electron chi connectivity index (χ1n) is 4.97. The lowest BCUT2D eigenvalue weighted by Gasteiger charge is -2.21.